The monoisotopic (exact) mass is 311 g/mol. The highest BCUT2D eigenvalue weighted by Gasteiger charge is 2.25. The van der Waals surface area contributed by atoms with Crippen molar-refractivity contribution in [3.05, 3.63) is 65.2 Å². The Kier molecular flexibility index (Phi) is 4.66. The van der Waals surface area contributed by atoms with Crippen LogP contribution in [0.5, 0.6) is 0 Å². The molecule has 2 aromatic carbocycles. The molecule has 1 N–H and O–H groups in total. The van der Waals surface area contributed by atoms with Gasteiger partial charge >= 0.3 is 0 Å². The lowest BCUT2D eigenvalue weighted by molar-refractivity contribution is 0.0488. The van der Waals surface area contributed by atoms with Gasteiger partial charge in [0.15, 0.2) is 11.6 Å². The summed E-state index contributed by atoms with van der Waals surface area (Å²) in [5.74, 6) is -0.470. The van der Waals surface area contributed by atoms with Gasteiger partial charge in [-0.3, -0.25) is 9.59 Å². The Labute approximate surface area is 136 Å². The number of benzene rings is 2. The number of rotatable bonds is 5. The molecule has 0 saturated heterocycles. The van der Waals surface area contributed by atoms with Crippen molar-refractivity contribution in [3.8, 4) is 0 Å². The molecule has 0 atom stereocenters. The molecule has 0 aliphatic rings. The number of anilines is 1. The standard InChI is InChI=1S/C19H21NO3/c1-19(2,23)18(22)14-10-8-13(9-11-14)17(21)15-6-5-7-16(12-15)20(3)4/h5-12,23H,1-4H3. The minimum absolute atomic E-state index is 0.101. The average Bonchev–Trinajstić information content (AvgIpc) is 2.53. The third-order valence-corrected chi connectivity index (χ3v) is 3.59. The lowest BCUT2D eigenvalue weighted by atomic mass is 9.94. The van der Waals surface area contributed by atoms with E-state index in [9.17, 15) is 14.7 Å². The fourth-order valence-electron chi connectivity index (χ4n) is 2.22. The third-order valence-electron chi connectivity index (χ3n) is 3.59. The van der Waals surface area contributed by atoms with E-state index in [1.54, 1.807) is 30.3 Å². The number of carbonyl (C=O) groups excluding carboxylic acids is 2. The van der Waals surface area contributed by atoms with Gasteiger partial charge < -0.3 is 10.0 Å². The zero-order valence-corrected chi connectivity index (χ0v) is 13.8. The molecular weight excluding hydrogens is 290 g/mol. The minimum Gasteiger partial charge on any atom is -0.382 e. The highest BCUT2D eigenvalue weighted by atomic mass is 16.3. The maximum atomic E-state index is 12.5. The first-order valence-electron chi connectivity index (χ1n) is 7.39. The van der Waals surface area contributed by atoms with Crippen LogP contribution in [-0.2, 0) is 0 Å². The van der Waals surface area contributed by atoms with Crippen molar-refractivity contribution in [3.63, 3.8) is 0 Å². The van der Waals surface area contributed by atoms with E-state index in [4.69, 9.17) is 0 Å². The van der Waals surface area contributed by atoms with Gasteiger partial charge in [0, 0.05) is 36.5 Å². The van der Waals surface area contributed by atoms with Gasteiger partial charge in [-0.05, 0) is 26.0 Å². The Bertz CT molecular complexity index is 725. The van der Waals surface area contributed by atoms with Crippen molar-refractivity contribution in [2.24, 2.45) is 0 Å². The van der Waals surface area contributed by atoms with Crippen molar-refractivity contribution in [2.75, 3.05) is 19.0 Å². The van der Waals surface area contributed by atoms with E-state index in [1.807, 2.05) is 37.2 Å². The fourth-order valence-corrected chi connectivity index (χ4v) is 2.22. The average molecular weight is 311 g/mol. The molecule has 120 valence electrons. The third kappa shape index (κ3) is 3.85. The molecule has 2 rings (SSSR count). The van der Waals surface area contributed by atoms with Gasteiger partial charge in [-0.25, -0.2) is 0 Å². The van der Waals surface area contributed by atoms with Crippen LogP contribution in [0.2, 0.25) is 0 Å². The van der Waals surface area contributed by atoms with Crippen LogP contribution >= 0.6 is 0 Å². The Morgan fingerprint density at radius 3 is 2.00 bits per heavy atom. The van der Waals surface area contributed by atoms with Gasteiger partial charge in [0.1, 0.15) is 5.60 Å². The molecule has 0 fully saturated rings. The lowest BCUT2D eigenvalue weighted by Gasteiger charge is -2.15. The van der Waals surface area contributed by atoms with E-state index >= 15 is 0 Å². The first-order chi connectivity index (χ1) is 10.7. The number of aliphatic hydroxyl groups is 1. The number of ketones is 2. The van der Waals surface area contributed by atoms with E-state index in [2.05, 4.69) is 0 Å². The normalized spacial score (nSPS) is 11.2. The second-order valence-corrected chi connectivity index (χ2v) is 6.24. The van der Waals surface area contributed by atoms with Crippen LogP contribution in [0.4, 0.5) is 5.69 Å². The smallest absolute Gasteiger partial charge is 0.193 e. The first kappa shape index (κ1) is 16.9. The Morgan fingerprint density at radius 2 is 1.48 bits per heavy atom. The Morgan fingerprint density at radius 1 is 0.913 bits per heavy atom. The molecule has 4 nitrogen and oxygen atoms in total. The molecule has 0 spiro atoms. The number of hydrogen-bond donors (Lipinski definition) is 1. The van der Waals surface area contributed by atoms with E-state index in [0.717, 1.165) is 5.69 Å². The molecule has 0 aliphatic carbocycles. The summed E-state index contributed by atoms with van der Waals surface area (Å²) in [6, 6.07) is 13.8. The maximum absolute atomic E-state index is 12.5. The second-order valence-electron chi connectivity index (χ2n) is 6.24. The van der Waals surface area contributed by atoms with Crippen LogP contribution < -0.4 is 4.90 Å². The van der Waals surface area contributed by atoms with Crippen molar-refractivity contribution in [2.45, 2.75) is 19.4 Å². The quantitative estimate of drug-likeness (QED) is 0.863. The van der Waals surface area contributed by atoms with Crippen LogP contribution in [-0.4, -0.2) is 36.4 Å². The van der Waals surface area contributed by atoms with E-state index in [-0.39, 0.29) is 11.6 Å². The number of Topliss-reactive ketones (excluding diaryl/α,β-unsaturated/α-hetero) is 1. The zero-order valence-electron chi connectivity index (χ0n) is 13.8. The van der Waals surface area contributed by atoms with Crippen molar-refractivity contribution < 1.29 is 14.7 Å². The van der Waals surface area contributed by atoms with E-state index in [0.29, 0.717) is 16.7 Å². The highest BCUT2D eigenvalue weighted by Crippen LogP contribution is 2.18. The summed E-state index contributed by atoms with van der Waals surface area (Å²) in [4.78, 5) is 26.5. The van der Waals surface area contributed by atoms with Crippen LogP contribution in [0.3, 0.4) is 0 Å². The minimum atomic E-state index is -1.43. The predicted molar refractivity (Wildman–Crippen MR) is 91.3 cm³/mol. The number of hydrogen-bond acceptors (Lipinski definition) is 4. The molecule has 0 aliphatic heterocycles. The number of carbonyl (C=O) groups is 2. The first-order valence-corrected chi connectivity index (χ1v) is 7.39. The summed E-state index contributed by atoms with van der Waals surface area (Å²) < 4.78 is 0. The van der Waals surface area contributed by atoms with Crippen LogP contribution in [0.1, 0.15) is 40.1 Å². The molecule has 0 aromatic heterocycles. The van der Waals surface area contributed by atoms with Gasteiger partial charge in [0.2, 0.25) is 0 Å². The van der Waals surface area contributed by atoms with Crippen molar-refractivity contribution >= 4 is 17.3 Å². The second kappa shape index (κ2) is 6.34. The molecule has 0 bridgehead atoms. The molecule has 23 heavy (non-hydrogen) atoms. The molecule has 4 heteroatoms. The van der Waals surface area contributed by atoms with Crippen LogP contribution in [0.15, 0.2) is 48.5 Å². The van der Waals surface area contributed by atoms with Crippen LogP contribution in [0, 0.1) is 0 Å². The summed E-state index contributed by atoms with van der Waals surface area (Å²) in [7, 11) is 3.83. The highest BCUT2D eigenvalue weighted by molar-refractivity contribution is 6.10. The molecule has 0 unspecified atom stereocenters. The maximum Gasteiger partial charge on any atom is 0.193 e. The zero-order chi connectivity index (χ0) is 17.2. The topological polar surface area (TPSA) is 57.6 Å². The summed E-state index contributed by atoms with van der Waals surface area (Å²) in [6.45, 7) is 2.89. The molecular formula is C19H21NO3. The van der Waals surface area contributed by atoms with Crippen molar-refractivity contribution in [1.82, 2.24) is 0 Å². The van der Waals surface area contributed by atoms with Gasteiger partial charge in [0.05, 0.1) is 0 Å². The Hall–Kier alpha value is -2.46. The molecule has 0 saturated carbocycles. The summed E-state index contributed by atoms with van der Waals surface area (Å²) in [5.41, 5.74) is 1.01. The lowest BCUT2D eigenvalue weighted by Crippen LogP contribution is -2.31. The fraction of sp³-hybridized carbons (Fsp3) is 0.263. The largest absolute Gasteiger partial charge is 0.382 e. The van der Waals surface area contributed by atoms with Crippen LogP contribution in [0.25, 0.3) is 0 Å². The summed E-state index contributed by atoms with van der Waals surface area (Å²) >= 11 is 0. The predicted octanol–water partition coefficient (Wildman–Crippen LogP) is 2.94. The summed E-state index contributed by atoms with van der Waals surface area (Å²) in [5, 5.41) is 9.76. The van der Waals surface area contributed by atoms with E-state index in [1.165, 1.54) is 13.8 Å². The molecule has 0 radical (unpaired) electrons. The summed E-state index contributed by atoms with van der Waals surface area (Å²) in [6.07, 6.45) is 0. The SMILES string of the molecule is CN(C)c1cccc(C(=O)c2ccc(C(=O)C(C)(C)O)cc2)c1. The van der Waals surface area contributed by atoms with Gasteiger partial charge in [-0.15, -0.1) is 0 Å². The Balaban J connectivity index is 2.27. The van der Waals surface area contributed by atoms with Crippen molar-refractivity contribution in [1.29, 1.82) is 0 Å². The molecule has 0 heterocycles. The van der Waals surface area contributed by atoms with E-state index < -0.39 is 5.60 Å². The molecule has 2 aromatic rings. The van der Waals surface area contributed by atoms with Gasteiger partial charge in [-0.2, -0.15) is 0 Å². The number of nitrogens with zero attached hydrogens (tertiary/aromatic N) is 1. The molecule has 0 amide bonds. The van der Waals surface area contributed by atoms with Gasteiger partial charge in [-0.1, -0.05) is 36.4 Å². The van der Waals surface area contributed by atoms with Gasteiger partial charge in [0.25, 0.3) is 0 Å².